The fraction of sp³-hybridized carbons (Fsp3) is 0.167. The van der Waals surface area contributed by atoms with Crippen molar-refractivity contribution in [3.8, 4) is 11.4 Å². The predicted octanol–water partition coefficient (Wildman–Crippen LogP) is 4.06. The van der Waals surface area contributed by atoms with E-state index in [0.29, 0.717) is 16.9 Å². The summed E-state index contributed by atoms with van der Waals surface area (Å²) in [5.74, 6) is -0.263. The summed E-state index contributed by atoms with van der Waals surface area (Å²) in [7, 11) is -3.42. The molecule has 7 nitrogen and oxygen atoms in total. The van der Waals surface area contributed by atoms with Gasteiger partial charge in [0.05, 0.1) is 5.75 Å². The molecule has 0 saturated heterocycles. The highest BCUT2D eigenvalue weighted by Crippen LogP contribution is 2.31. The van der Waals surface area contributed by atoms with E-state index in [2.05, 4.69) is 25.0 Å². The molecule has 0 aliphatic rings. The Morgan fingerprint density at radius 1 is 1.03 bits per heavy atom. The minimum atomic E-state index is -4.65. The van der Waals surface area contributed by atoms with Crippen molar-refractivity contribution in [2.24, 2.45) is 0 Å². The Morgan fingerprint density at radius 3 is 2.31 bits per heavy atom. The number of alkyl halides is 3. The highest BCUT2D eigenvalue weighted by Gasteiger charge is 2.34. The summed E-state index contributed by atoms with van der Waals surface area (Å²) in [4.78, 5) is 11.6. The van der Waals surface area contributed by atoms with Gasteiger partial charge in [-0.2, -0.15) is 13.2 Å². The minimum absolute atomic E-state index is 0.0620. The predicted molar refractivity (Wildman–Crippen MR) is 103 cm³/mol. The van der Waals surface area contributed by atoms with Crippen molar-refractivity contribution in [1.82, 2.24) is 15.0 Å². The molecule has 3 aromatic rings. The first-order valence-corrected chi connectivity index (χ1v) is 10.1. The van der Waals surface area contributed by atoms with Gasteiger partial charge in [0, 0.05) is 35.4 Å². The van der Waals surface area contributed by atoms with E-state index in [1.165, 1.54) is 43.6 Å². The van der Waals surface area contributed by atoms with Crippen LogP contribution in [-0.2, 0) is 16.2 Å². The molecule has 2 heterocycles. The van der Waals surface area contributed by atoms with Crippen LogP contribution >= 0.6 is 0 Å². The monoisotopic (exact) mass is 423 g/mol. The van der Waals surface area contributed by atoms with E-state index >= 15 is 0 Å². The van der Waals surface area contributed by atoms with Crippen LogP contribution in [0.4, 0.5) is 30.4 Å². The number of halogens is 3. The lowest BCUT2D eigenvalue weighted by Gasteiger charge is -2.12. The molecule has 0 fully saturated rings. The average molecular weight is 423 g/mol. The van der Waals surface area contributed by atoms with Gasteiger partial charge in [-0.15, -0.1) is 0 Å². The molecule has 0 saturated carbocycles. The van der Waals surface area contributed by atoms with E-state index < -0.39 is 21.9 Å². The molecular formula is C18H16F3N5O2S. The number of pyridine rings is 1. The van der Waals surface area contributed by atoms with E-state index in [9.17, 15) is 21.6 Å². The number of sulfonamides is 1. The number of nitrogens with one attached hydrogen (secondary N) is 2. The van der Waals surface area contributed by atoms with Gasteiger partial charge >= 0.3 is 6.18 Å². The first-order valence-electron chi connectivity index (χ1n) is 8.40. The van der Waals surface area contributed by atoms with Gasteiger partial charge < -0.3 is 5.32 Å². The van der Waals surface area contributed by atoms with Crippen LogP contribution in [-0.4, -0.2) is 29.1 Å². The van der Waals surface area contributed by atoms with Gasteiger partial charge in [-0.1, -0.05) is 0 Å². The number of anilines is 3. The topological polar surface area (TPSA) is 96.9 Å². The molecule has 0 atom stereocenters. The van der Waals surface area contributed by atoms with Crippen molar-refractivity contribution in [1.29, 1.82) is 0 Å². The van der Waals surface area contributed by atoms with Crippen molar-refractivity contribution in [2.45, 2.75) is 13.1 Å². The lowest BCUT2D eigenvalue weighted by atomic mass is 10.2. The number of nitrogens with zero attached hydrogens (tertiary/aromatic N) is 3. The first kappa shape index (κ1) is 20.5. The molecule has 3 rings (SSSR count). The Hall–Kier alpha value is -3.21. The molecule has 0 aliphatic heterocycles. The number of rotatable bonds is 6. The largest absolute Gasteiger partial charge is 0.433 e. The number of hydrogen-bond donors (Lipinski definition) is 2. The normalized spacial score (nSPS) is 11.9. The van der Waals surface area contributed by atoms with Gasteiger partial charge in [-0.3, -0.25) is 9.71 Å². The average Bonchev–Trinajstić information content (AvgIpc) is 2.69. The maximum absolute atomic E-state index is 13.2. The van der Waals surface area contributed by atoms with Crippen LogP contribution < -0.4 is 10.0 Å². The van der Waals surface area contributed by atoms with Crippen LogP contribution in [0.25, 0.3) is 11.4 Å². The molecule has 0 bridgehead atoms. The molecule has 1 aromatic carbocycles. The van der Waals surface area contributed by atoms with Crippen LogP contribution in [0.1, 0.15) is 12.6 Å². The zero-order valence-electron chi connectivity index (χ0n) is 15.1. The summed E-state index contributed by atoms with van der Waals surface area (Å²) in [6, 6.07) is 9.95. The Morgan fingerprint density at radius 2 is 1.72 bits per heavy atom. The molecule has 0 unspecified atom stereocenters. The zero-order chi connectivity index (χ0) is 21.1. The van der Waals surface area contributed by atoms with Gasteiger partial charge in [0.15, 0.2) is 11.5 Å². The van der Waals surface area contributed by atoms with Gasteiger partial charge in [0.25, 0.3) is 0 Å². The lowest BCUT2D eigenvalue weighted by Crippen LogP contribution is -2.14. The smallest absolute Gasteiger partial charge is 0.340 e. The fourth-order valence-corrected chi connectivity index (χ4v) is 2.94. The quantitative estimate of drug-likeness (QED) is 0.621. The summed E-state index contributed by atoms with van der Waals surface area (Å²) >= 11 is 0. The van der Waals surface area contributed by atoms with Gasteiger partial charge in [-0.05, 0) is 43.3 Å². The molecule has 152 valence electrons. The zero-order valence-corrected chi connectivity index (χ0v) is 15.9. The van der Waals surface area contributed by atoms with Gasteiger partial charge in [-0.25, -0.2) is 18.4 Å². The second-order valence-corrected chi connectivity index (χ2v) is 7.92. The SMILES string of the molecule is CCS(=O)(=O)Nc1ccc(Nc2cc(C(F)(F)F)nc(-c3cccnc3)n2)cc1. The van der Waals surface area contributed by atoms with Crippen LogP contribution in [0.2, 0.25) is 0 Å². The van der Waals surface area contributed by atoms with Crippen LogP contribution in [0, 0.1) is 0 Å². The molecule has 0 aliphatic carbocycles. The molecular weight excluding hydrogens is 407 g/mol. The van der Waals surface area contributed by atoms with E-state index in [-0.39, 0.29) is 17.4 Å². The number of benzene rings is 1. The molecule has 11 heteroatoms. The van der Waals surface area contributed by atoms with Crippen molar-refractivity contribution in [3.05, 3.63) is 60.6 Å². The Bertz CT molecular complexity index is 1090. The summed E-state index contributed by atoms with van der Waals surface area (Å²) < 4.78 is 65.3. The first-order chi connectivity index (χ1) is 13.7. The Balaban J connectivity index is 1.90. The minimum Gasteiger partial charge on any atom is -0.340 e. The lowest BCUT2D eigenvalue weighted by molar-refractivity contribution is -0.141. The second kappa shape index (κ2) is 8.03. The van der Waals surface area contributed by atoms with Gasteiger partial charge in [0.2, 0.25) is 10.0 Å². The van der Waals surface area contributed by atoms with Crippen molar-refractivity contribution < 1.29 is 21.6 Å². The third kappa shape index (κ3) is 5.41. The van der Waals surface area contributed by atoms with Crippen LogP contribution in [0.15, 0.2) is 54.9 Å². The number of aromatic nitrogens is 3. The number of hydrogen-bond acceptors (Lipinski definition) is 6. The van der Waals surface area contributed by atoms with E-state index in [1.807, 2.05) is 0 Å². The third-order valence-electron chi connectivity index (χ3n) is 3.75. The van der Waals surface area contributed by atoms with Crippen molar-refractivity contribution in [3.63, 3.8) is 0 Å². The molecule has 29 heavy (non-hydrogen) atoms. The standard InChI is InChI=1S/C18H16F3N5O2S/c1-2-29(27,28)26-14-7-5-13(6-8-14)23-16-10-15(18(19,20)21)24-17(25-16)12-4-3-9-22-11-12/h3-11,26H,2H2,1H3,(H,23,24,25). The Labute approximate surface area is 165 Å². The summed E-state index contributed by atoms with van der Waals surface area (Å²) in [5.41, 5.74) is 0.00711. The summed E-state index contributed by atoms with van der Waals surface area (Å²) in [6.07, 6.45) is -1.79. The highest BCUT2D eigenvalue weighted by atomic mass is 32.2. The Kier molecular flexibility index (Phi) is 5.69. The second-order valence-electron chi connectivity index (χ2n) is 5.91. The molecule has 0 spiro atoms. The maximum atomic E-state index is 13.2. The molecule has 2 aromatic heterocycles. The maximum Gasteiger partial charge on any atom is 0.433 e. The van der Waals surface area contributed by atoms with Crippen LogP contribution in [0.3, 0.4) is 0 Å². The van der Waals surface area contributed by atoms with E-state index in [4.69, 9.17) is 0 Å². The summed E-state index contributed by atoms with van der Waals surface area (Å²) in [6.45, 7) is 1.51. The van der Waals surface area contributed by atoms with Crippen molar-refractivity contribution >= 4 is 27.2 Å². The molecule has 0 amide bonds. The van der Waals surface area contributed by atoms with E-state index in [1.54, 1.807) is 12.1 Å². The van der Waals surface area contributed by atoms with Gasteiger partial charge in [0.1, 0.15) is 5.82 Å². The molecule has 0 radical (unpaired) electrons. The summed E-state index contributed by atoms with van der Waals surface area (Å²) in [5, 5.41) is 2.78. The highest BCUT2D eigenvalue weighted by molar-refractivity contribution is 7.92. The van der Waals surface area contributed by atoms with E-state index in [0.717, 1.165) is 6.07 Å². The fourth-order valence-electron chi connectivity index (χ4n) is 2.30. The molecule has 2 N–H and O–H groups in total. The third-order valence-corrected chi connectivity index (χ3v) is 5.05. The van der Waals surface area contributed by atoms with Crippen LogP contribution in [0.5, 0.6) is 0 Å². The van der Waals surface area contributed by atoms with Crippen molar-refractivity contribution in [2.75, 3.05) is 15.8 Å².